The molecule has 0 fully saturated rings. The van der Waals surface area contributed by atoms with Gasteiger partial charge in [-0.05, 0) is 24.6 Å². The van der Waals surface area contributed by atoms with Crippen molar-refractivity contribution >= 4 is 56.3 Å². The average Bonchev–Trinajstić information content (AvgIpc) is 3.17. The Kier molecular flexibility index (Phi) is 5.21. The molecule has 0 atom stereocenters. The van der Waals surface area contributed by atoms with E-state index in [-0.39, 0.29) is 11.7 Å². The topological polar surface area (TPSA) is 79.8 Å². The Morgan fingerprint density at radius 1 is 1.30 bits per heavy atom. The Hall–Kier alpha value is -1.97. The van der Waals surface area contributed by atoms with Crippen LogP contribution in [0.3, 0.4) is 0 Å². The van der Waals surface area contributed by atoms with Gasteiger partial charge >= 0.3 is 0 Å². The maximum absolute atomic E-state index is 11.8. The molecule has 3 rings (SSSR count). The third kappa shape index (κ3) is 4.75. The SMILES string of the molecule is Cc1cccc(Nc2nnc(SCC(=O)Nc3nccs3)s2)c1. The van der Waals surface area contributed by atoms with Gasteiger partial charge in [0, 0.05) is 17.3 Å². The van der Waals surface area contributed by atoms with E-state index >= 15 is 0 Å². The lowest BCUT2D eigenvalue weighted by atomic mass is 10.2. The number of carbonyl (C=O) groups excluding carboxylic acids is 1. The monoisotopic (exact) mass is 363 g/mol. The molecule has 0 saturated carbocycles. The molecule has 0 bridgehead atoms. The first-order valence-corrected chi connectivity index (χ1v) is 9.36. The minimum atomic E-state index is -0.103. The first-order valence-electron chi connectivity index (χ1n) is 6.68. The standard InChI is InChI=1S/C14H13N5OS3/c1-9-3-2-4-10(7-9)16-13-18-19-14(23-13)22-8-11(20)17-12-15-5-6-21-12/h2-7H,8H2,1H3,(H,16,18)(H,15,17,20). The largest absolute Gasteiger partial charge is 0.330 e. The summed E-state index contributed by atoms with van der Waals surface area (Å²) in [4.78, 5) is 15.8. The van der Waals surface area contributed by atoms with Crippen LogP contribution in [0.25, 0.3) is 0 Å². The van der Waals surface area contributed by atoms with Crippen LogP contribution in [0.2, 0.25) is 0 Å². The van der Waals surface area contributed by atoms with Gasteiger partial charge in [-0.3, -0.25) is 4.79 Å². The smallest absolute Gasteiger partial charge is 0.236 e. The van der Waals surface area contributed by atoms with Gasteiger partial charge in [0.25, 0.3) is 0 Å². The molecule has 0 aliphatic rings. The summed E-state index contributed by atoms with van der Waals surface area (Å²) >= 11 is 4.17. The molecule has 9 heteroatoms. The van der Waals surface area contributed by atoms with Crippen LogP contribution in [0.5, 0.6) is 0 Å². The van der Waals surface area contributed by atoms with Crippen molar-refractivity contribution in [2.45, 2.75) is 11.3 Å². The first-order chi connectivity index (χ1) is 11.2. The van der Waals surface area contributed by atoms with Crippen molar-refractivity contribution in [1.82, 2.24) is 15.2 Å². The van der Waals surface area contributed by atoms with Gasteiger partial charge in [-0.2, -0.15) is 0 Å². The molecule has 0 aliphatic heterocycles. The van der Waals surface area contributed by atoms with E-state index in [0.717, 1.165) is 10.0 Å². The fraction of sp³-hybridized carbons (Fsp3) is 0.143. The number of carbonyl (C=O) groups is 1. The maximum Gasteiger partial charge on any atom is 0.236 e. The number of nitrogens with zero attached hydrogens (tertiary/aromatic N) is 3. The number of rotatable bonds is 6. The van der Waals surface area contributed by atoms with Gasteiger partial charge in [-0.1, -0.05) is 35.2 Å². The van der Waals surface area contributed by atoms with Gasteiger partial charge < -0.3 is 10.6 Å². The average molecular weight is 363 g/mol. The van der Waals surface area contributed by atoms with Crippen molar-refractivity contribution in [1.29, 1.82) is 0 Å². The van der Waals surface area contributed by atoms with E-state index in [1.165, 1.54) is 40.0 Å². The molecular weight excluding hydrogens is 350 g/mol. The molecule has 1 aromatic carbocycles. The van der Waals surface area contributed by atoms with Crippen molar-refractivity contribution in [2.75, 3.05) is 16.4 Å². The minimum absolute atomic E-state index is 0.103. The summed E-state index contributed by atoms with van der Waals surface area (Å²) in [5, 5.41) is 17.2. The summed E-state index contributed by atoms with van der Waals surface area (Å²) in [6.07, 6.45) is 1.65. The minimum Gasteiger partial charge on any atom is -0.330 e. The molecule has 0 saturated heterocycles. The Bertz CT molecular complexity index is 787. The van der Waals surface area contributed by atoms with Crippen LogP contribution in [0, 0.1) is 6.92 Å². The number of benzene rings is 1. The van der Waals surface area contributed by atoms with Gasteiger partial charge in [0.1, 0.15) is 0 Å². The van der Waals surface area contributed by atoms with Crippen molar-refractivity contribution in [3.63, 3.8) is 0 Å². The van der Waals surface area contributed by atoms with E-state index in [0.29, 0.717) is 10.3 Å². The highest BCUT2D eigenvalue weighted by Crippen LogP contribution is 2.28. The molecule has 0 spiro atoms. The number of hydrogen-bond donors (Lipinski definition) is 2. The second kappa shape index (κ2) is 7.53. The summed E-state index contributed by atoms with van der Waals surface area (Å²) in [5.74, 6) is 0.173. The second-order valence-corrected chi connectivity index (χ2v) is 7.64. The summed E-state index contributed by atoms with van der Waals surface area (Å²) in [7, 11) is 0. The normalized spacial score (nSPS) is 10.5. The molecule has 2 heterocycles. The van der Waals surface area contributed by atoms with Crippen LogP contribution in [0.4, 0.5) is 16.0 Å². The van der Waals surface area contributed by atoms with E-state index < -0.39 is 0 Å². The molecule has 2 aromatic heterocycles. The summed E-state index contributed by atoms with van der Waals surface area (Å²) < 4.78 is 0.745. The quantitative estimate of drug-likeness (QED) is 0.649. The molecule has 6 nitrogen and oxygen atoms in total. The summed E-state index contributed by atoms with van der Waals surface area (Å²) in [6, 6.07) is 8.03. The molecule has 0 aliphatic carbocycles. The first kappa shape index (κ1) is 15.9. The van der Waals surface area contributed by atoms with Crippen LogP contribution < -0.4 is 10.6 Å². The lowest BCUT2D eigenvalue weighted by molar-refractivity contribution is -0.113. The number of nitrogens with one attached hydrogen (secondary N) is 2. The highest BCUT2D eigenvalue weighted by atomic mass is 32.2. The predicted molar refractivity (Wildman–Crippen MR) is 95.8 cm³/mol. The van der Waals surface area contributed by atoms with Gasteiger partial charge in [-0.25, -0.2) is 4.98 Å². The van der Waals surface area contributed by atoms with E-state index in [4.69, 9.17) is 0 Å². The van der Waals surface area contributed by atoms with Crippen molar-refractivity contribution < 1.29 is 4.79 Å². The number of amides is 1. The van der Waals surface area contributed by atoms with Gasteiger partial charge in [0.2, 0.25) is 11.0 Å². The number of hydrogen-bond acceptors (Lipinski definition) is 8. The predicted octanol–water partition coefficient (Wildman–Crippen LogP) is 3.78. The van der Waals surface area contributed by atoms with E-state index in [9.17, 15) is 4.79 Å². The molecular formula is C14H13N5OS3. The molecule has 3 aromatic rings. The maximum atomic E-state index is 11.8. The Balaban J connectivity index is 1.52. The van der Waals surface area contributed by atoms with Crippen molar-refractivity contribution in [3.8, 4) is 0 Å². The number of aromatic nitrogens is 3. The number of aryl methyl sites for hydroxylation is 1. The number of thiazole rings is 1. The lowest BCUT2D eigenvalue weighted by Crippen LogP contribution is -2.13. The molecule has 2 N–H and O–H groups in total. The molecule has 23 heavy (non-hydrogen) atoms. The zero-order chi connectivity index (χ0) is 16.1. The van der Waals surface area contributed by atoms with Gasteiger partial charge in [0.05, 0.1) is 5.75 Å². The van der Waals surface area contributed by atoms with Crippen LogP contribution in [-0.4, -0.2) is 26.8 Å². The molecule has 118 valence electrons. The van der Waals surface area contributed by atoms with Crippen molar-refractivity contribution in [2.24, 2.45) is 0 Å². The van der Waals surface area contributed by atoms with E-state index in [2.05, 4.69) is 25.8 Å². The lowest BCUT2D eigenvalue weighted by Gasteiger charge is -2.02. The van der Waals surface area contributed by atoms with Gasteiger partial charge in [-0.15, -0.1) is 21.5 Å². The Morgan fingerprint density at radius 3 is 3.00 bits per heavy atom. The van der Waals surface area contributed by atoms with Crippen molar-refractivity contribution in [3.05, 3.63) is 41.4 Å². The van der Waals surface area contributed by atoms with Crippen LogP contribution in [0.15, 0.2) is 40.2 Å². The zero-order valence-corrected chi connectivity index (χ0v) is 14.6. The zero-order valence-electron chi connectivity index (χ0n) is 12.1. The molecule has 0 radical (unpaired) electrons. The highest BCUT2D eigenvalue weighted by molar-refractivity contribution is 8.01. The fourth-order valence-electron chi connectivity index (χ4n) is 1.73. The van der Waals surface area contributed by atoms with Crippen LogP contribution in [-0.2, 0) is 4.79 Å². The van der Waals surface area contributed by atoms with Crippen LogP contribution >= 0.6 is 34.4 Å². The Morgan fingerprint density at radius 2 is 2.22 bits per heavy atom. The highest BCUT2D eigenvalue weighted by Gasteiger charge is 2.09. The van der Waals surface area contributed by atoms with Crippen LogP contribution in [0.1, 0.15) is 5.56 Å². The van der Waals surface area contributed by atoms with E-state index in [1.807, 2.05) is 36.6 Å². The molecule has 0 unspecified atom stereocenters. The third-order valence-corrected chi connectivity index (χ3v) is 5.34. The summed E-state index contributed by atoms with van der Waals surface area (Å²) in [6.45, 7) is 2.04. The Labute approximate surface area is 145 Å². The number of anilines is 3. The number of thioether (sulfide) groups is 1. The summed E-state index contributed by atoms with van der Waals surface area (Å²) in [5.41, 5.74) is 2.15. The van der Waals surface area contributed by atoms with E-state index in [1.54, 1.807) is 6.20 Å². The fourth-order valence-corrected chi connectivity index (χ4v) is 3.85. The third-order valence-electron chi connectivity index (χ3n) is 2.68. The van der Waals surface area contributed by atoms with Gasteiger partial charge in [0.15, 0.2) is 9.47 Å². The second-order valence-electron chi connectivity index (χ2n) is 4.54. The molecule has 1 amide bonds.